The molecule has 0 aliphatic carbocycles. The fourth-order valence-corrected chi connectivity index (χ4v) is 3.16. The molecule has 0 atom stereocenters. The lowest BCUT2D eigenvalue weighted by molar-refractivity contribution is 0.307. The largest absolute Gasteiger partial charge is 0.493 e. The number of hydrogen-bond acceptors (Lipinski definition) is 1. The molecule has 0 heterocycles. The summed E-state index contributed by atoms with van der Waals surface area (Å²) in [5, 5.41) is 3.62. The highest BCUT2D eigenvalue weighted by atomic mass is 79.9. The number of ether oxygens (including phenoxy) is 1. The first-order valence-electron chi connectivity index (χ1n) is 8.58. The van der Waals surface area contributed by atoms with Gasteiger partial charge in [0, 0.05) is 10.7 Å². The molecule has 0 aromatic heterocycles. The molecule has 0 saturated heterocycles. The van der Waals surface area contributed by atoms with Crippen LogP contribution in [0.4, 0.5) is 0 Å². The Bertz CT molecular complexity index is 533. The molecular weight excluding hydrogens is 336 g/mol. The second-order valence-electron chi connectivity index (χ2n) is 5.84. The van der Waals surface area contributed by atoms with Crippen molar-refractivity contribution in [1.29, 1.82) is 0 Å². The maximum absolute atomic E-state index is 5.97. The predicted molar refractivity (Wildman–Crippen MR) is 100 cm³/mol. The Hall–Kier alpha value is -1.02. The molecule has 1 nitrogen and oxygen atoms in total. The third-order valence-corrected chi connectivity index (χ3v) is 4.60. The summed E-state index contributed by atoms with van der Waals surface area (Å²) in [7, 11) is 0. The third-order valence-electron chi connectivity index (χ3n) is 4.04. The van der Waals surface area contributed by atoms with Crippen LogP contribution in [0.1, 0.15) is 51.4 Å². The number of hydrogen-bond donors (Lipinski definition) is 0. The zero-order valence-corrected chi connectivity index (χ0v) is 15.0. The molecule has 2 rings (SSSR count). The average molecular weight is 363 g/mol. The van der Waals surface area contributed by atoms with Crippen molar-refractivity contribution in [2.75, 3.05) is 11.9 Å². The Morgan fingerprint density at radius 2 is 1.32 bits per heavy atom. The number of unbranched alkanes of at least 4 members (excludes halogenated alkanes) is 7. The first-order valence-corrected chi connectivity index (χ1v) is 9.70. The van der Waals surface area contributed by atoms with Crippen molar-refractivity contribution in [3.8, 4) is 5.75 Å². The molecule has 0 aliphatic rings. The van der Waals surface area contributed by atoms with Gasteiger partial charge < -0.3 is 4.74 Å². The molecule has 0 fully saturated rings. The Morgan fingerprint density at radius 1 is 0.682 bits per heavy atom. The average Bonchev–Trinajstić information content (AvgIpc) is 2.56. The van der Waals surface area contributed by atoms with Crippen LogP contribution in [0.3, 0.4) is 0 Å². The van der Waals surface area contributed by atoms with Crippen LogP contribution in [0.15, 0.2) is 42.5 Å². The zero-order chi connectivity index (χ0) is 15.5. The van der Waals surface area contributed by atoms with Crippen molar-refractivity contribution in [1.82, 2.24) is 0 Å². The van der Waals surface area contributed by atoms with E-state index in [1.54, 1.807) is 0 Å². The number of benzene rings is 2. The molecule has 2 aromatic carbocycles. The topological polar surface area (TPSA) is 9.23 Å². The zero-order valence-electron chi connectivity index (χ0n) is 13.4. The van der Waals surface area contributed by atoms with Crippen LogP contribution in [0.5, 0.6) is 5.75 Å². The van der Waals surface area contributed by atoms with Gasteiger partial charge in [0.1, 0.15) is 5.75 Å². The first-order chi connectivity index (χ1) is 10.9. The Labute approximate surface area is 143 Å². The van der Waals surface area contributed by atoms with E-state index in [1.165, 1.54) is 55.7 Å². The van der Waals surface area contributed by atoms with Gasteiger partial charge in [-0.3, -0.25) is 0 Å². The highest BCUT2D eigenvalue weighted by Crippen LogP contribution is 2.25. The molecular formula is C20H27BrO. The van der Waals surface area contributed by atoms with Gasteiger partial charge in [-0.1, -0.05) is 90.9 Å². The summed E-state index contributed by atoms with van der Waals surface area (Å²) in [5.74, 6) is 1.02. The number of halogens is 1. The maximum Gasteiger partial charge on any atom is 0.127 e. The van der Waals surface area contributed by atoms with Crippen molar-refractivity contribution in [2.45, 2.75) is 51.4 Å². The monoisotopic (exact) mass is 362 g/mol. The molecule has 0 N–H and O–H groups in total. The van der Waals surface area contributed by atoms with Crippen LogP contribution in [0.25, 0.3) is 10.8 Å². The second kappa shape index (κ2) is 10.7. The van der Waals surface area contributed by atoms with E-state index < -0.39 is 0 Å². The van der Waals surface area contributed by atoms with Crippen molar-refractivity contribution in [3.63, 3.8) is 0 Å². The summed E-state index contributed by atoms with van der Waals surface area (Å²) in [4.78, 5) is 0. The molecule has 0 aliphatic heterocycles. The highest BCUT2D eigenvalue weighted by Gasteiger charge is 2.00. The fourth-order valence-electron chi connectivity index (χ4n) is 2.76. The molecule has 22 heavy (non-hydrogen) atoms. The van der Waals surface area contributed by atoms with E-state index in [-0.39, 0.29) is 0 Å². The highest BCUT2D eigenvalue weighted by molar-refractivity contribution is 9.09. The molecule has 0 radical (unpaired) electrons. The van der Waals surface area contributed by atoms with Crippen LogP contribution >= 0.6 is 15.9 Å². The van der Waals surface area contributed by atoms with Crippen LogP contribution in [0, 0.1) is 0 Å². The molecule has 120 valence electrons. The number of rotatable bonds is 11. The van der Waals surface area contributed by atoms with Gasteiger partial charge in [-0.05, 0) is 24.3 Å². The van der Waals surface area contributed by atoms with Crippen molar-refractivity contribution >= 4 is 26.7 Å². The van der Waals surface area contributed by atoms with Crippen molar-refractivity contribution in [2.24, 2.45) is 0 Å². The normalized spacial score (nSPS) is 11.0. The van der Waals surface area contributed by atoms with E-state index in [1.807, 2.05) is 0 Å². The van der Waals surface area contributed by atoms with E-state index in [4.69, 9.17) is 4.74 Å². The van der Waals surface area contributed by atoms with E-state index in [2.05, 4.69) is 58.4 Å². The molecule has 0 bridgehead atoms. The number of fused-ring (bicyclic) bond motifs is 1. The van der Waals surface area contributed by atoms with Crippen LogP contribution in [-0.4, -0.2) is 11.9 Å². The third kappa shape index (κ3) is 6.00. The van der Waals surface area contributed by atoms with Gasteiger partial charge in [-0.2, -0.15) is 0 Å². The van der Waals surface area contributed by atoms with E-state index >= 15 is 0 Å². The van der Waals surface area contributed by atoms with E-state index in [0.717, 1.165) is 24.1 Å². The maximum atomic E-state index is 5.97. The van der Waals surface area contributed by atoms with Crippen LogP contribution in [0.2, 0.25) is 0 Å². The molecule has 2 heteroatoms. The predicted octanol–water partition coefficient (Wildman–Crippen LogP) is 6.73. The molecule has 0 amide bonds. The van der Waals surface area contributed by atoms with Gasteiger partial charge in [-0.25, -0.2) is 0 Å². The summed E-state index contributed by atoms with van der Waals surface area (Å²) >= 11 is 3.48. The lowest BCUT2D eigenvalue weighted by atomic mass is 10.1. The summed E-state index contributed by atoms with van der Waals surface area (Å²) in [6.07, 6.45) is 10.6. The minimum absolute atomic E-state index is 0.831. The minimum atomic E-state index is 0.831. The molecule has 0 spiro atoms. The van der Waals surface area contributed by atoms with Crippen molar-refractivity contribution < 1.29 is 4.74 Å². The van der Waals surface area contributed by atoms with Gasteiger partial charge >= 0.3 is 0 Å². The van der Waals surface area contributed by atoms with Gasteiger partial charge in [0.2, 0.25) is 0 Å². The minimum Gasteiger partial charge on any atom is -0.493 e. The van der Waals surface area contributed by atoms with E-state index in [0.29, 0.717) is 0 Å². The van der Waals surface area contributed by atoms with E-state index in [9.17, 15) is 0 Å². The molecule has 2 aromatic rings. The Kier molecular flexibility index (Phi) is 8.40. The van der Waals surface area contributed by atoms with Gasteiger partial charge in [-0.15, -0.1) is 0 Å². The first kappa shape index (κ1) is 17.3. The summed E-state index contributed by atoms with van der Waals surface area (Å²) < 4.78 is 5.97. The SMILES string of the molecule is BrCCCCCCCCCCOc1cccc2ccccc12. The van der Waals surface area contributed by atoms with Crippen LogP contribution < -0.4 is 4.74 Å². The van der Waals surface area contributed by atoms with Gasteiger partial charge in [0.05, 0.1) is 6.61 Å². The lowest BCUT2D eigenvalue weighted by Gasteiger charge is -2.09. The smallest absolute Gasteiger partial charge is 0.127 e. The van der Waals surface area contributed by atoms with Crippen LogP contribution in [-0.2, 0) is 0 Å². The number of alkyl halides is 1. The summed E-state index contributed by atoms with van der Waals surface area (Å²) in [5.41, 5.74) is 0. The second-order valence-corrected chi connectivity index (χ2v) is 6.64. The molecule has 0 unspecified atom stereocenters. The summed E-state index contributed by atoms with van der Waals surface area (Å²) in [6, 6.07) is 14.7. The fraction of sp³-hybridized carbons (Fsp3) is 0.500. The lowest BCUT2D eigenvalue weighted by Crippen LogP contribution is -1.97. The van der Waals surface area contributed by atoms with Crippen molar-refractivity contribution in [3.05, 3.63) is 42.5 Å². The summed E-state index contributed by atoms with van der Waals surface area (Å²) in [6.45, 7) is 0.831. The Balaban J connectivity index is 1.59. The van der Waals surface area contributed by atoms with Gasteiger partial charge in [0.15, 0.2) is 0 Å². The quantitative estimate of drug-likeness (QED) is 0.317. The Morgan fingerprint density at radius 3 is 2.09 bits per heavy atom. The molecule has 0 saturated carbocycles. The standard InChI is InChI=1S/C20H27BrO/c21-16-9-5-3-1-2-4-6-10-17-22-20-15-11-13-18-12-7-8-14-19(18)20/h7-8,11-15H,1-6,9-10,16-17H2. The van der Waals surface area contributed by atoms with Gasteiger partial charge in [0.25, 0.3) is 0 Å².